The van der Waals surface area contributed by atoms with Crippen LogP contribution in [0.15, 0.2) is 40.8 Å². The van der Waals surface area contributed by atoms with E-state index in [1.165, 1.54) is 17.7 Å². The van der Waals surface area contributed by atoms with E-state index >= 15 is 0 Å². The second-order valence-electron chi connectivity index (χ2n) is 3.96. The molecule has 20 heavy (non-hydrogen) atoms. The zero-order chi connectivity index (χ0) is 13.5. The van der Waals surface area contributed by atoms with Gasteiger partial charge in [-0.25, -0.2) is 10.1 Å². The van der Waals surface area contributed by atoms with Crippen molar-refractivity contribution in [1.29, 1.82) is 0 Å². The number of hydrogen-bond donors (Lipinski definition) is 2. The van der Waals surface area contributed by atoms with E-state index < -0.39 is 0 Å². The predicted octanol–water partition coefficient (Wildman–Crippen LogP) is 2.79. The smallest absolute Gasteiger partial charge is 0.264 e. The Morgan fingerprint density at radius 1 is 1.25 bits per heavy atom. The van der Waals surface area contributed by atoms with E-state index in [0.29, 0.717) is 9.96 Å². The number of imidazole rings is 1. The van der Waals surface area contributed by atoms with E-state index in [-0.39, 0.29) is 11.8 Å². The van der Waals surface area contributed by atoms with Crippen LogP contribution in [0.1, 0.15) is 0 Å². The number of rotatable bonds is 2. The third-order valence-corrected chi connectivity index (χ3v) is 3.67. The number of azo groups is 1. The Labute approximate surface area is 115 Å². The molecule has 9 heteroatoms. The van der Waals surface area contributed by atoms with Crippen LogP contribution in [-0.4, -0.2) is 29.7 Å². The molecule has 0 radical (unpaired) electrons. The Balaban J connectivity index is 1.87. The maximum Gasteiger partial charge on any atom is 0.264 e. The molecule has 4 rings (SSSR count). The number of fused-ring (bicyclic) bond motifs is 3. The second kappa shape index (κ2) is 4.10. The van der Waals surface area contributed by atoms with Gasteiger partial charge in [0.25, 0.3) is 5.95 Å². The number of thiazole rings is 1. The third kappa shape index (κ3) is 1.57. The summed E-state index contributed by atoms with van der Waals surface area (Å²) in [6.45, 7) is 0. The average Bonchev–Trinajstić information content (AvgIpc) is 3.14. The van der Waals surface area contributed by atoms with Gasteiger partial charge in [-0.2, -0.15) is 10.1 Å². The molecule has 0 unspecified atom stereocenters. The first-order chi connectivity index (χ1) is 9.83. The van der Waals surface area contributed by atoms with E-state index in [0.717, 1.165) is 11.0 Å². The first-order valence-corrected chi connectivity index (χ1v) is 6.50. The average molecular weight is 285 g/mol. The fourth-order valence-corrected chi connectivity index (χ4v) is 2.77. The molecule has 0 saturated carbocycles. The highest BCUT2D eigenvalue weighted by Crippen LogP contribution is 2.39. The van der Waals surface area contributed by atoms with Crippen molar-refractivity contribution in [3.8, 4) is 5.88 Å². The molecule has 98 valence electrons. The zero-order valence-corrected chi connectivity index (χ0v) is 10.7. The summed E-state index contributed by atoms with van der Waals surface area (Å²) in [5.41, 5.74) is 1.66. The Morgan fingerprint density at radius 3 is 3.00 bits per heavy atom. The largest absolute Gasteiger partial charge is 0.492 e. The number of para-hydroxylation sites is 2. The molecule has 0 aliphatic carbocycles. The van der Waals surface area contributed by atoms with Crippen molar-refractivity contribution in [2.75, 3.05) is 0 Å². The summed E-state index contributed by atoms with van der Waals surface area (Å²) in [4.78, 5) is 8.91. The zero-order valence-electron chi connectivity index (χ0n) is 9.93. The van der Waals surface area contributed by atoms with Crippen LogP contribution in [-0.2, 0) is 0 Å². The molecule has 0 spiro atoms. The molecule has 0 saturated heterocycles. The molecule has 0 aliphatic heterocycles. The molecule has 8 nitrogen and oxygen atoms in total. The Kier molecular flexibility index (Phi) is 2.27. The summed E-state index contributed by atoms with van der Waals surface area (Å²) in [5.74, 6) is 0.294. The monoisotopic (exact) mass is 285 g/mol. The topological polar surface area (TPSA) is 104 Å². The van der Waals surface area contributed by atoms with Crippen molar-refractivity contribution >= 4 is 38.3 Å². The van der Waals surface area contributed by atoms with Gasteiger partial charge in [-0.15, -0.1) is 10.2 Å². The fourth-order valence-electron chi connectivity index (χ4n) is 1.91. The van der Waals surface area contributed by atoms with Crippen molar-refractivity contribution in [2.45, 2.75) is 0 Å². The molecular weight excluding hydrogens is 278 g/mol. The number of aromatic amines is 1. The first-order valence-electron chi connectivity index (χ1n) is 5.69. The molecule has 0 amide bonds. The summed E-state index contributed by atoms with van der Waals surface area (Å²) < 4.78 is 1.65. The SMILES string of the molecule is Oc1c(/N=N/c2ncn[nH]2)sc2nc3ccccc3n12. The summed E-state index contributed by atoms with van der Waals surface area (Å²) in [6.07, 6.45) is 1.34. The third-order valence-electron chi connectivity index (χ3n) is 2.76. The van der Waals surface area contributed by atoms with Gasteiger partial charge < -0.3 is 5.11 Å². The van der Waals surface area contributed by atoms with Crippen LogP contribution in [0.5, 0.6) is 5.88 Å². The molecule has 0 atom stereocenters. The Hall–Kier alpha value is -2.81. The molecule has 1 aromatic carbocycles. The normalized spacial score (nSPS) is 12.0. The predicted molar refractivity (Wildman–Crippen MR) is 72.8 cm³/mol. The van der Waals surface area contributed by atoms with Crippen LogP contribution < -0.4 is 0 Å². The van der Waals surface area contributed by atoms with Gasteiger partial charge in [-0.1, -0.05) is 23.5 Å². The molecule has 2 N–H and O–H groups in total. The van der Waals surface area contributed by atoms with Crippen LogP contribution >= 0.6 is 11.3 Å². The molecule has 3 heterocycles. The van der Waals surface area contributed by atoms with Crippen molar-refractivity contribution in [1.82, 2.24) is 24.6 Å². The lowest BCUT2D eigenvalue weighted by atomic mass is 10.3. The minimum absolute atomic E-state index is 0.0157. The van der Waals surface area contributed by atoms with E-state index in [1.807, 2.05) is 24.3 Å². The Morgan fingerprint density at radius 2 is 2.15 bits per heavy atom. The number of benzene rings is 1. The van der Waals surface area contributed by atoms with Gasteiger partial charge in [0.15, 0.2) is 4.96 Å². The lowest BCUT2D eigenvalue weighted by Gasteiger charge is -1.92. The lowest BCUT2D eigenvalue weighted by Crippen LogP contribution is -1.77. The molecule has 0 aliphatic rings. The minimum Gasteiger partial charge on any atom is -0.492 e. The van der Waals surface area contributed by atoms with Gasteiger partial charge in [0.1, 0.15) is 6.33 Å². The van der Waals surface area contributed by atoms with Gasteiger partial charge in [-0.05, 0) is 12.1 Å². The summed E-state index contributed by atoms with van der Waals surface area (Å²) in [5, 5.41) is 24.7. The van der Waals surface area contributed by atoms with Crippen molar-refractivity contribution in [2.24, 2.45) is 10.2 Å². The number of aromatic hydroxyl groups is 1. The van der Waals surface area contributed by atoms with Gasteiger partial charge in [0.2, 0.25) is 10.9 Å². The fraction of sp³-hybridized carbons (Fsp3) is 0. The van der Waals surface area contributed by atoms with Gasteiger partial charge in [0.05, 0.1) is 11.0 Å². The number of nitrogens with zero attached hydrogens (tertiary/aromatic N) is 6. The van der Waals surface area contributed by atoms with Crippen LogP contribution in [0.2, 0.25) is 0 Å². The van der Waals surface area contributed by atoms with Crippen LogP contribution in [0.25, 0.3) is 16.0 Å². The Bertz CT molecular complexity index is 921. The van der Waals surface area contributed by atoms with Crippen molar-refractivity contribution < 1.29 is 5.11 Å². The van der Waals surface area contributed by atoms with Crippen LogP contribution in [0, 0.1) is 0 Å². The summed E-state index contributed by atoms with van der Waals surface area (Å²) in [6, 6.07) is 7.58. The highest BCUT2D eigenvalue weighted by atomic mass is 32.1. The van der Waals surface area contributed by atoms with Crippen molar-refractivity contribution in [3.05, 3.63) is 30.6 Å². The van der Waals surface area contributed by atoms with Gasteiger partial charge in [0, 0.05) is 0 Å². The lowest BCUT2D eigenvalue weighted by molar-refractivity contribution is 0.453. The highest BCUT2D eigenvalue weighted by molar-refractivity contribution is 7.21. The van der Waals surface area contributed by atoms with Gasteiger partial charge in [-0.3, -0.25) is 4.40 Å². The summed E-state index contributed by atoms with van der Waals surface area (Å²) >= 11 is 1.25. The standard InChI is InChI=1S/C11H7N7OS/c19-9-8(15-17-10-12-5-13-16-10)20-11-14-6-3-1-2-4-7(6)18(9)11/h1-5,19H,(H,12,13,16)/b17-15+. The number of H-pyrrole nitrogens is 1. The van der Waals surface area contributed by atoms with Gasteiger partial charge >= 0.3 is 0 Å². The quantitative estimate of drug-likeness (QED) is 0.552. The molecule has 0 fully saturated rings. The molecule has 0 bridgehead atoms. The molecular formula is C11H7N7OS. The van der Waals surface area contributed by atoms with Crippen molar-refractivity contribution in [3.63, 3.8) is 0 Å². The number of nitrogens with one attached hydrogen (secondary N) is 1. The summed E-state index contributed by atoms with van der Waals surface area (Å²) in [7, 11) is 0. The second-order valence-corrected chi connectivity index (χ2v) is 4.91. The molecule has 4 aromatic rings. The number of aromatic nitrogens is 5. The maximum absolute atomic E-state index is 10.2. The first kappa shape index (κ1) is 11.1. The molecule has 3 aromatic heterocycles. The minimum atomic E-state index is 0.0157. The van der Waals surface area contributed by atoms with E-state index in [2.05, 4.69) is 30.4 Å². The van der Waals surface area contributed by atoms with E-state index in [1.54, 1.807) is 4.40 Å². The van der Waals surface area contributed by atoms with E-state index in [9.17, 15) is 5.11 Å². The van der Waals surface area contributed by atoms with Crippen LogP contribution in [0.3, 0.4) is 0 Å². The maximum atomic E-state index is 10.2. The van der Waals surface area contributed by atoms with E-state index in [4.69, 9.17) is 0 Å². The number of hydrogen-bond acceptors (Lipinski definition) is 7. The highest BCUT2D eigenvalue weighted by Gasteiger charge is 2.15. The van der Waals surface area contributed by atoms with Crippen LogP contribution in [0.4, 0.5) is 10.9 Å².